The zero-order chi connectivity index (χ0) is 37.7. The number of carbonyl (C=O) groups excluding carboxylic acids is 1. The third kappa shape index (κ3) is 8.17. The summed E-state index contributed by atoms with van der Waals surface area (Å²) in [5.74, 6) is -0.553. The zero-order valence-electron chi connectivity index (χ0n) is 27.7. The van der Waals surface area contributed by atoms with Crippen LogP contribution in [0.5, 0.6) is 11.5 Å². The number of thiazole rings is 1. The second kappa shape index (κ2) is 15.6. The third-order valence-electron chi connectivity index (χ3n) is 8.02. The number of nitriles is 2. The van der Waals surface area contributed by atoms with E-state index < -0.39 is 35.0 Å². The molecule has 5 aromatic rings. The molecular weight excluding hydrogens is 729 g/mol. The molecule has 1 aromatic heterocycles. The van der Waals surface area contributed by atoms with Gasteiger partial charge in [0, 0.05) is 16.7 Å². The number of benzene rings is 4. The number of ether oxygens (including phenoxy) is 3. The first-order valence-electron chi connectivity index (χ1n) is 15.9. The van der Waals surface area contributed by atoms with Crippen LogP contribution in [0.1, 0.15) is 46.3 Å². The van der Waals surface area contributed by atoms with Crippen LogP contribution in [0.15, 0.2) is 112 Å². The van der Waals surface area contributed by atoms with Crippen LogP contribution in [-0.2, 0) is 22.7 Å². The molecule has 1 aliphatic heterocycles. The maximum absolute atomic E-state index is 14.5. The van der Waals surface area contributed by atoms with Crippen molar-refractivity contribution in [2.75, 3.05) is 6.61 Å². The van der Waals surface area contributed by atoms with E-state index in [4.69, 9.17) is 36.3 Å². The first kappa shape index (κ1) is 36.6. The van der Waals surface area contributed by atoms with Crippen LogP contribution in [0, 0.1) is 22.7 Å². The van der Waals surface area contributed by atoms with Gasteiger partial charge >= 0.3 is 12.1 Å². The number of hydrogen-bond acceptors (Lipinski definition) is 9. The van der Waals surface area contributed by atoms with Crippen LogP contribution in [0.3, 0.4) is 0 Å². The SMILES string of the molecule is CCOC(=O)C1=C(C(F)(F)F)N=c2s/c(=C/c3ccc(OCc4ccc(C#N)cc4)cc3OCc3ccc(C#N)cc3)c(=O)n2[C@H]1c1ccc(Cl)cc1. The van der Waals surface area contributed by atoms with E-state index >= 15 is 0 Å². The number of rotatable bonds is 10. The van der Waals surface area contributed by atoms with E-state index in [1.807, 2.05) is 0 Å². The molecule has 0 unspecified atom stereocenters. The van der Waals surface area contributed by atoms with E-state index in [0.717, 1.165) is 27.0 Å². The molecule has 2 heterocycles. The number of hydrogen-bond donors (Lipinski definition) is 0. The van der Waals surface area contributed by atoms with Gasteiger partial charge in [0.25, 0.3) is 5.56 Å². The molecule has 0 saturated heterocycles. The molecule has 0 radical (unpaired) electrons. The molecule has 0 bridgehead atoms. The molecule has 0 fully saturated rings. The smallest absolute Gasteiger partial charge is 0.434 e. The molecule has 0 amide bonds. The fourth-order valence-corrected chi connectivity index (χ4v) is 6.59. The molecule has 0 spiro atoms. The average molecular weight is 755 g/mol. The lowest BCUT2D eigenvalue weighted by molar-refractivity contribution is -0.140. The molecule has 9 nitrogen and oxygen atoms in total. The summed E-state index contributed by atoms with van der Waals surface area (Å²) in [6.07, 6.45) is -3.58. The van der Waals surface area contributed by atoms with Crippen molar-refractivity contribution in [3.8, 4) is 23.6 Å². The van der Waals surface area contributed by atoms with Gasteiger partial charge in [0.2, 0.25) is 0 Å². The summed E-state index contributed by atoms with van der Waals surface area (Å²) in [6.45, 7) is 1.50. The summed E-state index contributed by atoms with van der Waals surface area (Å²) in [5.41, 5.74) is 0.144. The number of fused-ring (bicyclic) bond motifs is 1. The number of alkyl halides is 3. The Hall–Kier alpha value is -6.15. The van der Waals surface area contributed by atoms with Crippen molar-refractivity contribution in [1.82, 2.24) is 4.57 Å². The number of carbonyl (C=O) groups is 1. The molecule has 0 aliphatic carbocycles. The Labute approximate surface area is 309 Å². The fraction of sp³-hybridized carbons (Fsp3) is 0.154. The summed E-state index contributed by atoms with van der Waals surface area (Å²) in [4.78, 5) is 30.8. The highest BCUT2D eigenvalue weighted by atomic mass is 35.5. The molecule has 0 saturated carbocycles. The molecule has 1 atom stereocenters. The Kier molecular flexibility index (Phi) is 10.8. The molecule has 4 aromatic carbocycles. The summed E-state index contributed by atoms with van der Waals surface area (Å²) < 4.78 is 61.9. The molecule has 1 aliphatic rings. The van der Waals surface area contributed by atoms with Gasteiger partial charge in [0.15, 0.2) is 10.5 Å². The lowest BCUT2D eigenvalue weighted by atomic mass is 9.95. The van der Waals surface area contributed by atoms with Crippen LogP contribution in [0.2, 0.25) is 5.02 Å². The molecular formula is C39H26ClF3N4O5S. The Bertz CT molecular complexity index is 2480. The first-order valence-corrected chi connectivity index (χ1v) is 17.1. The highest BCUT2D eigenvalue weighted by molar-refractivity contribution is 7.07. The predicted molar refractivity (Wildman–Crippen MR) is 190 cm³/mol. The van der Waals surface area contributed by atoms with Gasteiger partial charge in [-0.1, -0.05) is 59.3 Å². The van der Waals surface area contributed by atoms with Crippen molar-refractivity contribution in [3.63, 3.8) is 0 Å². The van der Waals surface area contributed by atoms with Gasteiger partial charge in [-0.3, -0.25) is 9.36 Å². The topological polar surface area (TPSA) is 127 Å². The number of halogens is 4. The second-order valence-electron chi connectivity index (χ2n) is 11.5. The zero-order valence-corrected chi connectivity index (χ0v) is 29.3. The minimum absolute atomic E-state index is 0.0174. The van der Waals surface area contributed by atoms with Crippen molar-refractivity contribution in [2.24, 2.45) is 4.99 Å². The maximum Gasteiger partial charge on any atom is 0.434 e. The van der Waals surface area contributed by atoms with Gasteiger partial charge in [-0.15, -0.1) is 0 Å². The van der Waals surface area contributed by atoms with E-state index in [9.17, 15) is 22.8 Å². The quantitative estimate of drug-likeness (QED) is 0.142. The van der Waals surface area contributed by atoms with E-state index in [1.165, 1.54) is 37.3 Å². The molecule has 266 valence electrons. The highest BCUT2D eigenvalue weighted by Crippen LogP contribution is 2.38. The van der Waals surface area contributed by atoms with Crippen molar-refractivity contribution >= 4 is 35.0 Å². The third-order valence-corrected chi connectivity index (χ3v) is 9.25. The molecule has 14 heteroatoms. The largest absolute Gasteiger partial charge is 0.489 e. The van der Waals surface area contributed by atoms with Crippen molar-refractivity contribution in [2.45, 2.75) is 32.4 Å². The minimum Gasteiger partial charge on any atom is -0.489 e. The van der Waals surface area contributed by atoms with Crippen LogP contribution < -0.4 is 24.4 Å². The van der Waals surface area contributed by atoms with Gasteiger partial charge in [-0.2, -0.15) is 23.7 Å². The molecule has 6 rings (SSSR count). The van der Waals surface area contributed by atoms with Crippen LogP contribution in [-0.4, -0.2) is 23.3 Å². The van der Waals surface area contributed by atoms with Crippen molar-refractivity contribution in [1.29, 1.82) is 10.5 Å². The van der Waals surface area contributed by atoms with Crippen molar-refractivity contribution < 1.29 is 32.2 Å². The Morgan fingerprint density at radius 2 is 1.53 bits per heavy atom. The van der Waals surface area contributed by atoms with E-state index in [-0.39, 0.29) is 40.5 Å². The van der Waals surface area contributed by atoms with E-state index in [2.05, 4.69) is 17.1 Å². The fourth-order valence-electron chi connectivity index (χ4n) is 5.47. The van der Waals surface area contributed by atoms with Gasteiger partial charge in [-0.05, 0) is 78.2 Å². The highest BCUT2D eigenvalue weighted by Gasteiger charge is 2.45. The van der Waals surface area contributed by atoms with Crippen molar-refractivity contribution in [3.05, 3.63) is 160 Å². The molecule has 0 N–H and O–H groups in total. The minimum atomic E-state index is -5.05. The number of aromatic nitrogens is 1. The average Bonchev–Trinajstić information content (AvgIpc) is 3.47. The van der Waals surface area contributed by atoms with Crippen LogP contribution in [0.4, 0.5) is 13.2 Å². The van der Waals surface area contributed by atoms with Gasteiger partial charge in [0.1, 0.15) is 24.7 Å². The number of allylic oxidation sites excluding steroid dienone is 1. The number of esters is 1. The summed E-state index contributed by atoms with van der Waals surface area (Å²) in [6, 6.07) is 26.9. The van der Waals surface area contributed by atoms with Crippen LogP contribution >= 0.6 is 22.9 Å². The second-order valence-corrected chi connectivity index (χ2v) is 13.0. The Morgan fingerprint density at radius 3 is 2.09 bits per heavy atom. The van der Waals surface area contributed by atoms with Gasteiger partial charge < -0.3 is 14.2 Å². The first-order chi connectivity index (χ1) is 25.5. The lowest BCUT2D eigenvalue weighted by Gasteiger charge is -2.26. The predicted octanol–water partition coefficient (Wildman–Crippen LogP) is 6.90. The number of nitrogens with zero attached hydrogens (tertiary/aromatic N) is 4. The summed E-state index contributed by atoms with van der Waals surface area (Å²) in [5, 5.41) is 18.6. The van der Waals surface area contributed by atoms with Crippen LogP contribution in [0.25, 0.3) is 6.08 Å². The lowest BCUT2D eigenvalue weighted by Crippen LogP contribution is -2.41. The standard InChI is InChI=1S/C39H26ClF3N4O5S/c1-2-50-37(49)33-34(27-11-14-29(40)15-12-27)47-36(48)32(53-38(47)46-35(33)39(41,42)43)17-28-13-16-30(51-21-25-7-3-23(19-44)4-8-25)18-31(28)52-22-26-9-5-24(20-45)6-10-26/h3-18,34H,2,21-22H2,1H3/b32-17+/t34-/m0/s1. The van der Waals surface area contributed by atoms with Gasteiger partial charge in [-0.25, -0.2) is 9.79 Å². The monoisotopic (exact) mass is 754 g/mol. The normalized spacial score (nSPS) is 14.1. The summed E-state index contributed by atoms with van der Waals surface area (Å²) >= 11 is 6.80. The Morgan fingerprint density at radius 1 is 0.925 bits per heavy atom. The van der Waals surface area contributed by atoms with E-state index in [1.54, 1.807) is 66.7 Å². The molecule has 53 heavy (non-hydrogen) atoms. The van der Waals surface area contributed by atoms with E-state index in [0.29, 0.717) is 27.5 Å². The summed E-state index contributed by atoms with van der Waals surface area (Å²) in [7, 11) is 0. The van der Waals surface area contributed by atoms with Gasteiger partial charge in [0.05, 0.1) is 46.0 Å². The maximum atomic E-state index is 14.5. The Balaban J connectivity index is 1.45.